The van der Waals surface area contributed by atoms with Gasteiger partial charge in [-0.15, -0.1) is 11.3 Å². The number of halogens is 1. The Labute approximate surface area is 159 Å². The highest BCUT2D eigenvalue weighted by molar-refractivity contribution is 7.18. The van der Waals surface area contributed by atoms with Crippen molar-refractivity contribution in [2.45, 2.75) is 38.8 Å². The summed E-state index contributed by atoms with van der Waals surface area (Å²) in [5.74, 6) is -0.243. The number of carbonyl (C=O) groups excluding carboxylic acids is 1. The molecule has 2 aromatic heterocycles. The minimum absolute atomic E-state index is 0.0544. The Morgan fingerprint density at radius 2 is 2.19 bits per heavy atom. The first-order chi connectivity index (χ1) is 12.5. The number of nitrogens with one attached hydrogen (secondary N) is 1. The third-order valence-corrected chi connectivity index (χ3v) is 6.30. The van der Waals surface area contributed by atoms with Crippen molar-refractivity contribution in [3.05, 3.63) is 62.0 Å². The number of amides is 1. The van der Waals surface area contributed by atoms with Crippen molar-refractivity contribution < 1.29 is 4.79 Å². The molecule has 3 aromatic rings. The Morgan fingerprint density at radius 1 is 1.38 bits per heavy atom. The third kappa shape index (κ3) is 3.04. The second-order valence-electron chi connectivity index (χ2n) is 6.53. The molecular formula is C19H18ClN3O2S. The average Bonchev–Trinajstić information content (AvgIpc) is 3.18. The highest BCUT2D eigenvalue weighted by Gasteiger charge is 2.22. The van der Waals surface area contributed by atoms with Gasteiger partial charge in [0.25, 0.3) is 5.56 Å². The van der Waals surface area contributed by atoms with Crippen LogP contribution in [0, 0.1) is 0 Å². The van der Waals surface area contributed by atoms with Crippen LogP contribution in [0.4, 0.5) is 0 Å². The Morgan fingerprint density at radius 3 is 3.00 bits per heavy atom. The van der Waals surface area contributed by atoms with Gasteiger partial charge in [0, 0.05) is 9.90 Å². The van der Waals surface area contributed by atoms with E-state index in [2.05, 4.69) is 10.3 Å². The van der Waals surface area contributed by atoms with Crippen LogP contribution in [-0.4, -0.2) is 15.5 Å². The molecular weight excluding hydrogens is 370 g/mol. The molecule has 5 nitrogen and oxygen atoms in total. The predicted molar refractivity (Wildman–Crippen MR) is 104 cm³/mol. The number of nitrogens with zero attached hydrogens (tertiary/aromatic N) is 2. The lowest BCUT2D eigenvalue weighted by Crippen LogP contribution is -2.34. The van der Waals surface area contributed by atoms with Crippen LogP contribution in [0.2, 0.25) is 5.02 Å². The van der Waals surface area contributed by atoms with Crippen LogP contribution < -0.4 is 10.9 Å². The summed E-state index contributed by atoms with van der Waals surface area (Å²) in [6.07, 6.45) is 4.50. The van der Waals surface area contributed by atoms with Crippen molar-refractivity contribution >= 4 is 39.1 Å². The average molecular weight is 388 g/mol. The Hall–Kier alpha value is -2.18. The van der Waals surface area contributed by atoms with Crippen LogP contribution in [-0.2, 0) is 24.2 Å². The van der Waals surface area contributed by atoms with Crippen LogP contribution in [0.5, 0.6) is 0 Å². The van der Waals surface area contributed by atoms with E-state index >= 15 is 0 Å². The quantitative estimate of drug-likeness (QED) is 0.745. The van der Waals surface area contributed by atoms with E-state index in [0.29, 0.717) is 10.4 Å². The fourth-order valence-electron chi connectivity index (χ4n) is 3.48. The zero-order valence-electron chi connectivity index (χ0n) is 14.3. The number of benzene rings is 1. The lowest BCUT2D eigenvalue weighted by atomic mass is 10.1. The van der Waals surface area contributed by atoms with Gasteiger partial charge in [0.05, 0.1) is 17.8 Å². The first-order valence-electron chi connectivity index (χ1n) is 8.58. The van der Waals surface area contributed by atoms with E-state index in [9.17, 15) is 9.59 Å². The summed E-state index contributed by atoms with van der Waals surface area (Å²) < 4.78 is 1.39. The second-order valence-corrected chi connectivity index (χ2v) is 8.02. The van der Waals surface area contributed by atoms with E-state index in [0.717, 1.165) is 35.2 Å². The molecule has 0 unspecified atom stereocenters. The van der Waals surface area contributed by atoms with Crippen molar-refractivity contribution in [2.24, 2.45) is 0 Å². The van der Waals surface area contributed by atoms with Crippen molar-refractivity contribution in [1.82, 2.24) is 14.9 Å². The second kappa shape index (κ2) is 6.85. The Bertz CT molecular complexity index is 1060. The first-order valence-corrected chi connectivity index (χ1v) is 9.77. The van der Waals surface area contributed by atoms with E-state index in [4.69, 9.17) is 11.6 Å². The minimum Gasteiger partial charge on any atom is -0.348 e. The van der Waals surface area contributed by atoms with E-state index in [-0.39, 0.29) is 24.1 Å². The number of thiophene rings is 1. The van der Waals surface area contributed by atoms with Gasteiger partial charge in [-0.25, -0.2) is 4.98 Å². The fraction of sp³-hybridized carbons (Fsp3) is 0.316. The molecule has 0 spiro atoms. The topological polar surface area (TPSA) is 64.0 Å². The van der Waals surface area contributed by atoms with E-state index in [1.165, 1.54) is 15.8 Å². The third-order valence-electron chi connectivity index (χ3n) is 4.75. The summed E-state index contributed by atoms with van der Waals surface area (Å²) in [6.45, 7) is 1.82. The molecule has 134 valence electrons. The van der Waals surface area contributed by atoms with Gasteiger partial charge in [0.15, 0.2) is 0 Å². The van der Waals surface area contributed by atoms with Gasteiger partial charge in [-0.3, -0.25) is 14.2 Å². The molecule has 1 N–H and O–H groups in total. The molecule has 0 saturated heterocycles. The lowest BCUT2D eigenvalue weighted by Gasteiger charge is -2.16. The number of aryl methyl sites for hydroxylation is 2. The highest BCUT2D eigenvalue weighted by Crippen LogP contribution is 2.34. The summed E-state index contributed by atoms with van der Waals surface area (Å²) >= 11 is 7.78. The van der Waals surface area contributed by atoms with E-state index < -0.39 is 0 Å². The van der Waals surface area contributed by atoms with Gasteiger partial charge < -0.3 is 5.32 Å². The minimum atomic E-state index is -0.243. The number of fused-ring (bicyclic) bond motifs is 3. The van der Waals surface area contributed by atoms with Gasteiger partial charge in [0.2, 0.25) is 5.91 Å². The normalized spacial score (nSPS) is 14.4. The van der Waals surface area contributed by atoms with Gasteiger partial charge in [-0.1, -0.05) is 29.8 Å². The van der Waals surface area contributed by atoms with Gasteiger partial charge in [-0.2, -0.15) is 0 Å². The molecule has 1 atom stereocenters. The summed E-state index contributed by atoms with van der Waals surface area (Å²) in [5, 5.41) is 4.20. The van der Waals surface area contributed by atoms with Gasteiger partial charge in [-0.05, 0) is 43.4 Å². The Balaban J connectivity index is 1.56. The molecule has 1 aromatic carbocycles. The number of hydrogen-bond acceptors (Lipinski definition) is 4. The Kier molecular flexibility index (Phi) is 4.54. The molecule has 0 radical (unpaired) electrons. The zero-order valence-corrected chi connectivity index (χ0v) is 15.9. The maximum absolute atomic E-state index is 12.8. The number of carbonyl (C=O) groups is 1. The van der Waals surface area contributed by atoms with Crippen LogP contribution in [0.3, 0.4) is 0 Å². The summed E-state index contributed by atoms with van der Waals surface area (Å²) in [4.78, 5) is 31.7. The molecule has 0 fully saturated rings. The molecule has 2 heterocycles. The van der Waals surface area contributed by atoms with Crippen molar-refractivity contribution in [3.8, 4) is 0 Å². The zero-order chi connectivity index (χ0) is 18.3. The standard InChI is InChI=1S/C19H18ClN3O2S/c1-11(12-5-2-3-7-14(12)20)22-16(24)9-23-10-21-18-17(19(23)25)13-6-4-8-15(13)26-18/h2-3,5,7,10-11H,4,6,8-9H2,1H3,(H,22,24)/t11-/m1/s1. The molecule has 26 heavy (non-hydrogen) atoms. The summed E-state index contributed by atoms with van der Waals surface area (Å²) in [5.41, 5.74) is 1.84. The molecule has 1 amide bonds. The van der Waals surface area contributed by atoms with Crippen LogP contribution in [0.25, 0.3) is 10.2 Å². The predicted octanol–water partition coefficient (Wildman–Crippen LogP) is 3.48. The molecule has 0 saturated carbocycles. The molecule has 1 aliphatic rings. The van der Waals surface area contributed by atoms with Crippen molar-refractivity contribution in [1.29, 1.82) is 0 Å². The van der Waals surface area contributed by atoms with Gasteiger partial charge in [0.1, 0.15) is 11.4 Å². The SMILES string of the molecule is C[C@@H](NC(=O)Cn1cnc2sc3c(c2c1=O)CCC3)c1ccccc1Cl. The van der Waals surface area contributed by atoms with Crippen LogP contribution >= 0.6 is 22.9 Å². The first kappa shape index (κ1) is 17.2. The van der Waals surface area contributed by atoms with Crippen molar-refractivity contribution in [3.63, 3.8) is 0 Å². The molecule has 0 aliphatic heterocycles. The van der Waals surface area contributed by atoms with Gasteiger partial charge >= 0.3 is 0 Å². The number of rotatable bonds is 4. The molecule has 0 bridgehead atoms. The molecule has 4 rings (SSSR count). The summed E-state index contributed by atoms with van der Waals surface area (Å²) in [6, 6.07) is 7.15. The fourth-order valence-corrected chi connectivity index (χ4v) is 5.00. The van der Waals surface area contributed by atoms with E-state index in [1.54, 1.807) is 17.4 Å². The van der Waals surface area contributed by atoms with Crippen LogP contribution in [0.15, 0.2) is 35.4 Å². The van der Waals surface area contributed by atoms with E-state index in [1.807, 2.05) is 25.1 Å². The van der Waals surface area contributed by atoms with Crippen molar-refractivity contribution in [2.75, 3.05) is 0 Å². The lowest BCUT2D eigenvalue weighted by molar-refractivity contribution is -0.122. The smallest absolute Gasteiger partial charge is 0.262 e. The molecule has 7 heteroatoms. The monoisotopic (exact) mass is 387 g/mol. The maximum atomic E-state index is 12.8. The van der Waals surface area contributed by atoms with Crippen LogP contribution in [0.1, 0.15) is 35.4 Å². The summed E-state index contributed by atoms with van der Waals surface area (Å²) in [7, 11) is 0. The molecule has 1 aliphatic carbocycles. The highest BCUT2D eigenvalue weighted by atomic mass is 35.5. The number of hydrogen-bond donors (Lipinski definition) is 1. The number of aromatic nitrogens is 2. The maximum Gasteiger partial charge on any atom is 0.262 e. The largest absolute Gasteiger partial charge is 0.348 e.